The maximum absolute atomic E-state index is 13.0. The van der Waals surface area contributed by atoms with Crippen molar-refractivity contribution in [1.29, 1.82) is 0 Å². The van der Waals surface area contributed by atoms with Crippen molar-refractivity contribution in [3.8, 4) is 17.2 Å². The highest BCUT2D eigenvalue weighted by molar-refractivity contribution is 5.94. The molecule has 24 heavy (non-hydrogen) atoms. The summed E-state index contributed by atoms with van der Waals surface area (Å²) in [6, 6.07) is 9.07. The number of fused-ring (bicyclic) bond motifs is 1. The lowest BCUT2D eigenvalue weighted by Crippen LogP contribution is -2.30. The number of nitrogens with one attached hydrogen (secondary N) is 1. The van der Waals surface area contributed by atoms with E-state index >= 15 is 0 Å². The van der Waals surface area contributed by atoms with Gasteiger partial charge in [-0.15, -0.1) is 8.78 Å². The SMILES string of the molecule is CC(Oc1ccc(F)cc1)C(=O)Nc1ccc2c(c1)OC(F)(F)O2. The van der Waals surface area contributed by atoms with Gasteiger partial charge in [0.25, 0.3) is 5.91 Å². The number of alkyl halides is 2. The Bertz CT molecular complexity index is 764. The Balaban J connectivity index is 1.64. The van der Waals surface area contributed by atoms with Crippen LogP contribution >= 0.6 is 0 Å². The number of halogens is 3. The van der Waals surface area contributed by atoms with Crippen molar-refractivity contribution in [2.24, 2.45) is 0 Å². The number of carbonyl (C=O) groups excluding carboxylic acids is 1. The van der Waals surface area contributed by atoms with Crippen molar-refractivity contribution < 1.29 is 32.2 Å². The van der Waals surface area contributed by atoms with Crippen LogP contribution in [0.15, 0.2) is 42.5 Å². The molecule has 1 heterocycles. The smallest absolute Gasteiger partial charge is 0.481 e. The van der Waals surface area contributed by atoms with Crippen LogP contribution in [0.25, 0.3) is 0 Å². The summed E-state index contributed by atoms with van der Waals surface area (Å²) in [5, 5.41) is 2.51. The van der Waals surface area contributed by atoms with Gasteiger partial charge in [-0.3, -0.25) is 4.79 Å². The normalized spacial score (nSPS) is 15.7. The first kappa shape index (κ1) is 16.0. The molecule has 0 bridgehead atoms. The van der Waals surface area contributed by atoms with Gasteiger partial charge in [-0.2, -0.15) is 0 Å². The van der Waals surface area contributed by atoms with E-state index in [1.807, 2.05) is 0 Å². The molecule has 2 aromatic carbocycles. The lowest BCUT2D eigenvalue weighted by atomic mass is 10.2. The summed E-state index contributed by atoms with van der Waals surface area (Å²) in [7, 11) is 0. The number of hydrogen-bond acceptors (Lipinski definition) is 4. The van der Waals surface area contributed by atoms with Crippen LogP contribution < -0.4 is 19.5 Å². The van der Waals surface area contributed by atoms with Crippen molar-refractivity contribution in [1.82, 2.24) is 0 Å². The van der Waals surface area contributed by atoms with Crippen molar-refractivity contribution >= 4 is 11.6 Å². The zero-order valence-electron chi connectivity index (χ0n) is 12.4. The highest BCUT2D eigenvalue weighted by Gasteiger charge is 2.43. The third-order valence-electron chi connectivity index (χ3n) is 3.16. The number of anilines is 1. The van der Waals surface area contributed by atoms with Crippen LogP contribution in [0.4, 0.5) is 18.9 Å². The number of benzene rings is 2. The molecule has 0 aliphatic carbocycles. The van der Waals surface area contributed by atoms with E-state index in [9.17, 15) is 18.0 Å². The third kappa shape index (κ3) is 3.53. The molecule has 1 aliphatic rings. The van der Waals surface area contributed by atoms with E-state index in [0.717, 1.165) is 0 Å². The van der Waals surface area contributed by atoms with E-state index in [-0.39, 0.29) is 17.2 Å². The molecule has 3 rings (SSSR count). The Kier molecular flexibility index (Phi) is 3.96. The summed E-state index contributed by atoms with van der Waals surface area (Å²) in [5.41, 5.74) is 0.245. The van der Waals surface area contributed by atoms with Crippen LogP contribution in [-0.4, -0.2) is 18.3 Å². The second-order valence-corrected chi connectivity index (χ2v) is 5.03. The van der Waals surface area contributed by atoms with Gasteiger partial charge in [0.05, 0.1) is 0 Å². The minimum atomic E-state index is -3.72. The average molecular weight is 339 g/mol. The lowest BCUT2D eigenvalue weighted by Gasteiger charge is -2.14. The van der Waals surface area contributed by atoms with Gasteiger partial charge in [-0.1, -0.05) is 0 Å². The Morgan fingerprint density at radius 3 is 2.50 bits per heavy atom. The molecule has 1 amide bonds. The van der Waals surface area contributed by atoms with Gasteiger partial charge >= 0.3 is 6.29 Å². The van der Waals surface area contributed by atoms with E-state index < -0.39 is 24.1 Å². The number of hydrogen-bond donors (Lipinski definition) is 1. The largest absolute Gasteiger partial charge is 0.586 e. The van der Waals surface area contributed by atoms with Gasteiger partial charge in [0, 0.05) is 11.8 Å². The second kappa shape index (κ2) is 5.95. The van der Waals surface area contributed by atoms with E-state index in [0.29, 0.717) is 5.75 Å². The van der Waals surface area contributed by atoms with Crippen LogP contribution in [0.3, 0.4) is 0 Å². The molecular weight excluding hydrogens is 327 g/mol. The molecule has 0 fully saturated rings. The molecule has 1 aliphatic heterocycles. The molecule has 0 aromatic heterocycles. The Morgan fingerprint density at radius 1 is 1.12 bits per heavy atom. The van der Waals surface area contributed by atoms with Gasteiger partial charge < -0.3 is 19.5 Å². The molecule has 8 heteroatoms. The Morgan fingerprint density at radius 2 is 1.79 bits per heavy atom. The van der Waals surface area contributed by atoms with Crippen LogP contribution in [-0.2, 0) is 4.79 Å². The molecule has 1 unspecified atom stereocenters. The van der Waals surface area contributed by atoms with E-state index in [2.05, 4.69) is 14.8 Å². The maximum Gasteiger partial charge on any atom is 0.586 e. The van der Waals surface area contributed by atoms with Crippen LogP contribution in [0, 0.1) is 5.82 Å². The van der Waals surface area contributed by atoms with Gasteiger partial charge in [0.2, 0.25) is 0 Å². The number of amides is 1. The molecule has 1 atom stereocenters. The van der Waals surface area contributed by atoms with Crippen molar-refractivity contribution in [2.45, 2.75) is 19.3 Å². The quantitative estimate of drug-likeness (QED) is 0.925. The van der Waals surface area contributed by atoms with Gasteiger partial charge in [-0.25, -0.2) is 4.39 Å². The summed E-state index contributed by atoms with van der Waals surface area (Å²) in [6.07, 6.45) is -4.61. The fourth-order valence-corrected chi connectivity index (χ4v) is 2.04. The molecular formula is C16H12F3NO4. The van der Waals surface area contributed by atoms with Crippen LogP contribution in [0.2, 0.25) is 0 Å². The molecule has 126 valence electrons. The first-order valence-electron chi connectivity index (χ1n) is 6.95. The minimum absolute atomic E-state index is 0.117. The summed E-state index contributed by atoms with van der Waals surface area (Å²) >= 11 is 0. The fraction of sp³-hybridized carbons (Fsp3) is 0.188. The fourth-order valence-electron chi connectivity index (χ4n) is 2.04. The molecule has 0 radical (unpaired) electrons. The van der Waals surface area contributed by atoms with E-state index in [4.69, 9.17) is 4.74 Å². The second-order valence-electron chi connectivity index (χ2n) is 5.03. The summed E-state index contributed by atoms with van der Waals surface area (Å²) in [6.45, 7) is 1.50. The van der Waals surface area contributed by atoms with Gasteiger partial charge in [0.1, 0.15) is 11.6 Å². The van der Waals surface area contributed by atoms with E-state index in [1.165, 1.54) is 49.4 Å². The van der Waals surface area contributed by atoms with Crippen molar-refractivity contribution in [3.63, 3.8) is 0 Å². The van der Waals surface area contributed by atoms with Crippen molar-refractivity contribution in [3.05, 3.63) is 48.3 Å². The summed E-state index contributed by atoms with van der Waals surface area (Å²) < 4.78 is 52.7. The average Bonchev–Trinajstić information content (AvgIpc) is 2.82. The van der Waals surface area contributed by atoms with Crippen LogP contribution in [0.5, 0.6) is 17.2 Å². The van der Waals surface area contributed by atoms with Gasteiger partial charge in [-0.05, 0) is 43.3 Å². The van der Waals surface area contributed by atoms with Gasteiger partial charge in [0.15, 0.2) is 17.6 Å². The number of rotatable bonds is 4. The Hall–Kier alpha value is -2.90. The molecule has 0 saturated carbocycles. The first-order chi connectivity index (χ1) is 11.3. The monoisotopic (exact) mass is 339 g/mol. The lowest BCUT2D eigenvalue weighted by molar-refractivity contribution is -0.286. The molecule has 1 N–H and O–H groups in total. The molecule has 2 aromatic rings. The standard InChI is InChI=1S/C16H12F3NO4/c1-9(22-12-5-2-10(17)3-6-12)15(21)20-11-4-7-13-14(8-11)24-16(18,19)23-13/h2-9H,1H3,(H,20,21). The summed E-state index contributed by atoms with van der Waals surface area (Å²) in [5.74, 6) is -0.899. The summed E-state index contributed by atoms with van der Waals surface area (Å²) in [4.78, 5) is 12.1. The number of carbonyl (C=O) groups is 1. The predicted octanol–water partition coefficient (Wildman–Crippen LogP) is 3.55. The zero-order valence-corrected chi connectivity index (χ0v) is 12.4. The predicted molar refractivity (Wildman–Crippen MR) is 77.8 cm³/mol. The topological polar surface area (TPSA) is 56.8 Å². The van der Waals surface area contributed by atoms with E-state index in [1.54, 1.807) is 0 Å². The molecule has 0 saturated heterocycles. The van der Waals surface area contributed by atoms with Crippen molar-refractivity contribution in [2.75, 3.05) is 5.32 Å². The maximum atomic E-state index is 13.0. The molecule has 0 spiro atoms. The first-order valence-corrected chi connectivity index (χ1v) is 6.95. The molecule has 5 nitrogen and oxygen atoms in total. The third-order valence-corrected chi connectivity index (χ3v) is 3.16. The van der Waals surface area contributed by atoms with Crippen LogP contribution in [0.1, 0.15) is 6.92 Å². The highest BCUT2D eigenvalue weighted by atomic mass is 19.3. The number of ether oxygens (including phenoxy) is 3. The highest BCUT2D eigenvalue weighted by Crippen LogP contribution is 2.42. The zero-order chi connectivity index (χ0) is 17.3. The minimum Gasteiger partial charge on any atom is -0.481 e. The Labute approximate surface area is 134 Å².